The van der Waals surface area contributed by atoms with Crippen LogP contribution < -0.4 is 0 Å². The van der Waals surface area contributed by atoms with E-state index in [-0.39, 0.29) is 18.5 Å². The van der Waals surface area contributed by atoms with Gasteiger partial charge in [0.25, 0.3) is 0 Å². The van der Waals surface area contributed by atoms with E-state index in [1.807, 2.05) is 0 Å². The number of Topliss-reactive ketones (excluding diaryl/α,β-unsaturated/α-hetero) is 1. The van der Waals surface area contributed by atoms with Gasteiger partial charge < -0.3 is 0 Å². The van der Waals surface area contributed by atoms with Gasteiger partial charge in [-0.3, -0.25) is 9.69 Å². The predicted octanol–water partition coefficient (Wildman–Crippen LogP) is 2.23. The highest BCUT2D eigenvalue weighted by molar-refractivity contribution is 5.80. The van der Waals surface area contributed by atoms with Crippen LogP contribution in [0.3, 0.4) is 0 Å². The summed E-state index contributed by atoms with van der Waals surface area (Å²) in [5, 5.41) is 0. The largest absolute Gasteiger partial charge is 0.300 e. The summed E-state index contributed by atoms with van der Waals surface area (Å²) in [4.78, 5) is 13.4. The van der Waals surface area contributed by atoms with Crippen molar-refractivity contribution in [2.75, 3.05) is 6.54 Å². The van der Waals surface area contributed by atoms with E-state index in [9.17, 15) is 13.6 Å². The topological polar surface area (TPSA) is 20.3 Å². The Hall–Kier alpha value is -0.510. The van der Waals surface area contributed by atoms with E-state index >= 15 is 0 Å². The molecule has 2 atom stereocenters. The first-order valence-electron chi connectivity index (χ1n) is 5.61. The monoisotopic (exact) mass is 217 g/mol. The molecule has 2 aliphatic heterocycles. The number of piperidine rings is 1. The lowest BCUT2D eigenvalue weighted by molar-refractivity contribution is -0.123. The minimum atomic E-state index is -2.58. The molecule has 0 aromatic rings. The smallest absolute Gasteiger partial charge is 0.246 e. The number of halogens is 2. The second-order valence-electron chi connectivity index (χ2n) is 4.89. The molecule has 2 heterocycles. The van der Waals surface area contributed by atoms with E-state index in [4.69, 9.17) is 0 Å². The van der Waals surface area contributed by atoms with Gasteiger partial charge in [0, 0.05) is 37.9 Å². The van der Waals surface area contributed by atoms with Gasteiger partial charge in [-0.25, -0.2) is 8.78 Å². The summed E-state index contributed by atoms with van der Waals surface area (Å²) in [6.45, 7) is 1.40. The van der Waals surface area contributed by atoms with Crippen molar-refractivity contribution in [3.05, 3.63) is 0 Å². The third-order valence-corrected chi connectivity index (χ3v) is 3.51. The van der Waals surface area contributed by atoms with Crippen molar-refractivity contribution in [2.24, 2.45) is 0 Å². The van der Waals surface area contributed by atoms with Crippen molar-refractivity contribution in [3.63, 3.8) is 0 Å². The maximum Gasteiger partial charge on any atom is 0.246 e. The number of carbonyl (C=O) groups is 1. The van der Waals surface area contributed by atoms with Gasteiger partial charge in [-0.05, 0) is 19.8 Å². The van der Waals surface area contributed by atoms with Crippen molar-refractivity contribution in [1.29, 1.82) is 0 Å². The normalized spacial score (nSPS) is 32.3. The molecule has 2 aliphatic rings. The van der Waals surface area contributed by atoms with Crippen LogP contribution in [0.2, 0.25) is 0 Å². The highest BCUT2D eigenvalue weighted by Crippen LogP contribution is 2.34. The van der Waals surface area contributed by atoms with Crippen molar-refractivity contribution in [1.82, 2.24) is 4.90 Å². The minimum Gasteiger partial charge on any atom is -0.300 e. The number of fused-ring (bicyclic) bond motifs is 2. The van der Waals surface area contributed by atoms with Crippen LogP contribution in [0.15, 0.2) is 0 Å². The maximum atomic E-state index is 12.7. The molecule has 2 fully saturated rings. The number of hydrogen-bond acceptors (Lipinski definition) is 2. The Kier molecular flexibility index (Phi) is 2.79. The molecule has 2 bridgehead atoms. The van der Waals surface area contributed by atoms with Gasteiger partial charge in [-0.2, -0.15) is 0 Å². The summed E-state index contributed by atoms with van der Waals surface area (Å²) in [5.41, 5.74) is 0. The standard InChI is InChI=1S/C11H17F2NO/c1-11(12,13)4-5-14-8-2-3-9(14)7-10(15)6-8/h8-9H,2-7H2,1H3. The van der Waals surface area contributed by atoms with E-state index in [1.54, 1.807) is 0 Å². The number of alkyl halides is 2. The van der Waals surface area contributed by atoms with E-state index in [1.165, 1.54) is 0 Å². The summed E-state index contributed by atoms with van der Waals surface area (Å²) in [7, 11) is 0. The number of ketones is 1. The molecule has 2 saturated heterocycles. The second kappa shape index (κ2) is 3.81. The van der Waals surface area contributed by atoms with Gasteiger partial charge in [-0.1, -0.05) is 0 Å². The van der Waals surface area contributed by atoms with Crippen LogP contribution >= 0.6 is 0 Å². The predicted molar refractivity (Wildman–Crippen MR) is 53.0 cm³/mol. The van der Waals surface area contributed by atoms with Gasteiger partial charge in [-0.15, -0.1) is 0 Å². The molecule has 15 heavy (non-hydrogen) atoms. The summed E-state index contributed by atoms with van der Waals surface area (Å²) in [6, 6.07) is 0.497. The van der Waals surface area contributed by atoms with Crippen LogP contribution in [0.1, 0.15) is 39.0 Å². The van der Waals surface area contributed by atoms with Gasteiger partial charge in [0.2, 0.25) is 5.92 Å². The molecule has 0 aromatic carbocycles. The van der Waals surface area contributed by atoms with Crippen LogP contribution in [0.4, 0.5) is 8.78 Å². The Morgan fingerprint density at radius 3 is 2.33 bits per heavy atom. The maximum absolute atomic E-state index is 12.7. The zero-order valence-corrected chi connectivity index (χ0v) is 9.01. The van der Waals surface area contributed by atoms with E-state index in [0.29, 0.717) is 25.2 Å². The fourth-order valence-electron chi connectivity index (χ4n) is 2.75. The second-order valence-corrected chi connectivity index (χ2v) is 4.89. The molecule has 2 nitrogen and oxygen atoms in total. The third-order valence-electron chi connectivity index (χ3n) is 3.51. The fourth-order valence-corrected chi connectivity index (χ4v) is 2.75. The first-order chi connectivity index (χ1) is 6.96. The molecular formula is C11H17F2NO. The molecule has 0 aromatic heterocycles. The average molecular weight is 217 g/mol. The van der Waals surface area contributed by atoms with E-state index < -0.39 is 5.92 Å². The van der Waals surface area contributed by atoms with E-state index in [0.717, 1.165) is 19.8 Å². The molecule has 0 amide bonds. The first kappa shape index (κ1) is 11.0. The number of nitrogens with zero attached hydrogens (tertiary/aromatic N) is 1. The van der Waals surface area contributed by atoms with Crippen LogP contribution in [-0.2, 0) is 4.79 Å². The molecule has 0 radical (unpaired) electrons. The summed E-state index contributed by atoms with van der Waals surface area (Å²) in [6.07, 6.45) is 3.07. The molecule has 0 spiro atoms. The van der Waals surface area contributed by atoms with Crippen molar-refractivity contribution < 1.29 is 13.6 Å². The Labute approximate surface area is 88.6 Å². The lowest BCUT2D eigenvalue weighted by Crippen LogP contribution is -2.44. The molecule has 2 rings (SSSR count). The molecule has 4 heteroatoms. The van der Waals surface area contributed by atoms with Crippen LogP contribution in [0.25, 0.3) is 0 Å². The lowest BCUT2D eigenvalue weighted by Gasteiger charge is -2.34. The first-order valence-corrected chi connectivity index (χ1v) is 5.61. The fraction of sp³-hybridized carbons (Fsp3) is 0.909. The highest BCUT2D eigenvalue weighted by atomic mass is 19.3. The SMILES string of the molecule is CC(F)(F)CCN1C2CCC1CC(=O)C2. The summed E-state index contributed by atoms with van der Waals surface area (Å²) >= 11 is 0. The van der Waals surface area contributed by atoms with E-state index in [2.05, 4.69) is 4.90 Å². The van der Waals surface area contributed by atoms with Gasteiger partial charge >= 0.3 is 0 Å². The van der Waals surface area contributed by atoms with Gasteiger partial charge in [0.15, 0.2) is 0 Å². The number of rotatable bonds is 3. The molecule has 2 unspecified atom stereocenters. The van der Waals surface area contributed by atoms with Crippen molar-refractivity contribution >= 4 is 5.78 Å². The lowest BCUT2D eigenvalue weighted by atomic mass is 10.0. The molecule has 0 N–H and O–H groups in total. The number of hydrogen-bond donors (Lipinski definition) is 0. The Morgan fingerprint density at radius 2 is 1.87 bits per heavy atom. The zero-order chi connectivity index (χ0) is 11.1. The quantitative estimate of drug-likeness (QED) is 0.722. The van der Waals surface area contributed by atoms with Gasteiger partial charge in [0.1, 0.15) is 5.78 Å². The Morgan fingerprint density at radius 1 is 1.33 bits per heavy atom. The molecular weight excluding hydrogens is 200 g/mol. The molecule has 0 aliphatic carbocycles. The third kappa shape index (κ3) is 2.54. The number of carbonyl (C=O) groups excluding carboxylic acids is 1. The van der Waals surface area contributed by atoms with Crippen molar-refractivity contribution in [3.8, 4) is 0 Å². The highest BCUT2D eigenvalue weighted by Gasteiger charge is 2.40. The zero-order valence-electron chi connectivity index (χ0n) is 9.01. The summed E-state index contributed by atoms with van der Waals surface area (Å²) in [5.74, 6) is -2.28. The summed E-state index contributed by atoms with van der Waals surface area (Å²) < 4.78 is 25.5. The van der Waals surface area contributed by atoms with Crippen LogP contribution in [-0.4, -0.2) is 35.2 Å². The molecule has 86 valence electrons. The van der Waals surface area contributed by atoms with Crippen LogP contribution in [0.5, 0.6) is 0 Å². The average Bonchev–Trinajstić information content (AvgIpc) is 2.33. The minimum absolute atomic E-state index is 0.0891. The van der Waals surface area contributed by atoms with Crippen LogP contribution in [0, 0.1) is 0 Å². The van der Waals surface area contributed by atoms with Gasteiger partial charge in [0.05, 0.1) is 0 Å². The van der Waals surface area contributed by atoms with Crippen molar-refractivity contribution in [2.45, 2.75) is 57.0 Å². The molecule has 0 saturated carbocycles. The Bertz CT molecular complexity index is 246. The Balaban J connectivity index is 1.91.